The summed E-state index contributed by atoms with van der Waals surface area (Å²) in [4.78, 5) is 36.3. The number of carbonyl (C=O) groups is 3. The number of anilines is 1. The molecule has 0 saturated carbocycles. The maximum absolute atomic E-state index is 14.1. The number of carbonyl (C=O) groups excluding carboxylic acids is 3. The highest BCUT2D eigenvalue weighted by Gasteiger charge is 2.38. The second-order valence-electron chi connectivity index (χ2n) is 4.56. The van der Waals surface area contributed by atoms with Crippen LogP contribution in [0.3, 0.4) is 0 Å². The van der Waals surface area contributed by atoms with E-state index in [1.54, 1.807) is 0 Å². The van der Waals surface area contributed by atoms with Crippen LogP contribution in [0.1, 0.15) is 16.8 Å². The fourth-order valence-corrected chi connectivity index (χ4v) is 2.31. The number of methoxy groups -OCH3 is 2. The molecular weight excluding hydrogens is 281 g/mol. The normalized spacial score (nSPS) is 17.8. The van der Waals surface area contributed by atoms with Crippen molar-refractivity contribution in [2.45, 2.75) is 6.42 Å². The zero-order valence-electron chi connectivity index (χ0n) is 11.6. The number of nitrogens with zero attached hydrogens (tertiary/aromatic N) is 1. The third kappa shape index (κ3) is 2.72. The second kappa shape index (κ2) is 5.90. The van der Waals surface area contributed by atoms with E-state index in [-0.39, 0.29) is 24.2 Å². The van der Waals surface area contributed by atoms with Gasteiger partial charge >= 0.3 is 11.9 Å². The quantitative estimate of drug-likeness (QED) is 0.782. The van der Waals surface area contributed by atoms with Gasteiger partial charge in [-0.3, -0.25) is 9.59 Å². The SMILES string of the molecule is COC(=O)c1cccc(F)c1N1CC(C(=O)OC)CC1=O. The molecule has 0 bridgehead atoms. The van der Waals surface area contributed by atoms with Crippen LogP contribution < -0.4 is 4.90 Å². The van der Waals surface area contributed by atoms with E-state index in [1.807, 2.05) is 0 Å². The number of para-hydroxylation sites is 1. The van der Waals surface area contributed by atoms with Crippen molar-refractivity contribution in [3.05, 3.63) is 29.6 Å². The van der Waals surface area contributed by atoms with Crippen molar-refractivity contribution in [1.82, 2.24) is 0 Å². The molecule has 0 aromatic heterocycles. The Hall–Kier alpha value is -2.44. The fraction of sp³-hybridized carbons (Fsp3) is 0.357. The standard InChI is InChI=1S/C14H14FNO5/c1-20-13(18)8-6-11(17)16(7-8)12-9(14(19)21-2)4-3-5-10(12)15/h3-5,8H,6-7H2,1-2H3. The molecule has 7 heteroatoms. The van der Waals surface area contributed by atoms with E-state index in [2.05, 4.69) is 9.47 Å². The van der Waals surface area contributed by atoms with E-state index in [4.69, 9.17) is 0 Å². The summed E-state index contributed by atoms with van der Waals surface area (Å²) < 4.78 is 23.2. The molecule has 1 unspecified atom stereocenters. The van der Waals surface area contributed by atoms with Crippen LogP contribution in [0, 0.1) is 11.7 Å². The molecule has 21 heavy (non-hydrogen) atoms. The van der Waals surface area contributed by atoms with Crippen molar-refractivity contribution < 1.29 is 28.2 Å². The fourth-order valence-electron chi connectivity index (χ4n) is 2.31. The maximum atomic E-state index is 14.1. The first-order valence-electron chi connectivity index (χ1n) is 6.24. The first kappa shape index (κ1) is 15.0. The lowest BCUT2D eigenvalue weighted by atomic mass is 10.1. The molecule has 0 N–H and O–H groups in total. The van der Waals surface area contributed by atoms with Crippen molar-refractivity contribution in [1.29, 1.82) is 0 Å². The molecule has 0 aliphatic carbocycles. The number of rotatable bonds is 3. The second-order valence-corrected chi connectivity index (χ2v) is 4.56. The van der Waals surface area contributed by atoms with Crippen LogP contribution >= 0.6 is 0 Å². The van der Waals surface area contributed by atoms with Gasteiger partial charge in [-0.2, -0.15) is 0 Å². The van der Waals surface area contributed by atoms with Crippen LogP contribution in [0.5, 0.6) is 0 Å². The van der Waals surface area contributed by atoms with Gasteiger partial charge in [0.1, 0.15) is 5.82 Å². The first-order chi connectivity index (χ1) is 9.99. The molecule has 0 spiro atoms. The molecule has 112 valence electrons. The van der Waals surface area contributed by atoms with Gasteiger partial charge in [-0.05, 0) is 12.1 Å². The Labute approximate surface area is 120 Å². The minimum absolute atomic E-state index is 0.0313. The van der Waals surface area contributed by atoms with Gasteiger partial charge in [0, 0.05) is 13.0 Å². The summed E-state index contributed by atoms with van der Waals surface area (Å²) in [7, 11) is 2.39. The van der Waals surface area contributed by atoms with Gasteiger partial charge in [0.05, 0.1) is 31.4 Å². The summed E-state index contributed by atoms with van der Waals surface area (Å²) in [6, 6.07) is 3.85. The minimum atomic E-state index is -0.751. The van der Waals surface area contributed by atoms with Crippen LogP contribution in [0.15, 0.2) is 18.2 Å². The molecule has 1 aromatic carbocycles. The smallest absolute Gasteiger partial charge is 0.340 e. The highest BCUT2D eigenvalue weighted by Crippen LogP contribution is 2.31. The molecule has 2 rings (SSSR count). The predicted molar refractivity (Wildman–Crippen MR) is 70.2 cm³/mol. The molecule has 1 fully saturated rings. The van der Waals surface area contributed by atoms with Gasteiger partial charge in [-0.1, -0.05) is 6.07 Å². The zero-order chi connectivity index (χ0) is 15.6. The Balaban J connectivity index is 2.40. The van der Waals surface area contributed by atoms with E-state index in [0.29, 0.717) is 0 Å². The number of hydrogen-bond acceptors (Lipinski definition) is 5. The monoisotopic (exact) mass is 295 g/mol. The molecular formula is C14H14FNO5. The molecule has 1 amide bonds. The number of hydrogen-bond donors (Lipinski definition) is 0. The van der Waals surface area contributed by atoms with Gasteiger partial charge in [0.25, 0.3) is 0 Å². The summed E-state index contributed by atoms with van der Waals surface area (Å²) in [5.74, 6) is -3.13. The van der Waals surface area contributed by atoms with E-state index >= 15 is 0 Å². The lowest BCUT2D eigenvalue weighted by Crippen LogP contribution is -2.29. The summed E-state index contributed by atoms with van der Waals surface area (Å²) >= 11 is 0. The van der Waals surface area contributed by atoms with Gasteiger partial charge < -0.3 is 14.4 Å². The summed E-state index contributed by atoms with van der Waals surface area (Å²) in [6.45, 7) is -0.0313. The van der Waals surface area contributed by atoms with Crippen molar-refractivity contribution >= 4 is 23.5 Å². The third-order valence-corrected chi connectivity index (χ3v) is 3.32. The highest BCUT2D eigenvalue weighted by molar-refractivity contribution is 6.05. The van der Waals surface area contributed by atoms with Crippen LogP contribution in [-0.2, 0) is 19.1 Å². The number of amides is 1. The Morgan fingerprint density at radius 3 is 2.62 bits per heavy atom. The zero-order valence-corrected chi connectivity index (χ0v) is 11.6. The molecule has 1 heterocycles. The van der Waals surface area contributed by atoms with Crippen molar-refractivity contribution in [3.63, 3.8) is 0 Å². The van der Waals surface area contributed by atoms with Crippen molar-refractivity contribution in [2.24, 2.45) is 5.92 Å². The van der Waals surface area contributed by atoms with Crippen LogP contribution in [-0.4, -0.2) is 38.6 Å². The number of esters is 2. The van der Waals surface area contributed by atoms with Crippen molar-refractivity contribution in [2.75, 3.05) is 25.7 Å². The van der Waals surface area contributed by atoms with Crippen LogP contribution in [0.2, 0.25) is 0 Å². The summed E-state index contributed by atoms with van der Waals surface area (Å²) in [6.07, 6.45) is -0.0817. The topological polar surface area (TPSA) is 72.9 Å². The Morgan fingerprint density at radius 1 is 1.29 bits per heavy atom. The minimum Gasteiger partial charge on any atom is -0.469 e. The van der Waals surface area contributed by atoms with Crippen LogP contribution in [0.4, 0.5) is 10.1 Å². The Morgan fingerprint density at radius 2 is 2.00 bits per heavy atom. The van der Waals surface area contributed by atoms with E-state index in [1.165, 1.54) is 26.4 Å². The lowest BCUT2D eigenvalue weighted by molar-refractivity contribution is -0.145. The third-order valence-electron chi connectivity index (χ3n) is 3.32. The maximum Gasteiger partial charge on any atom is 0.340 e. The number of ether oxygens (including phenoxy) is 2. The predicted octanol–water partition coefficient (Wildman–Crippen LogP) is 1.14. The van der Waals surface area contributed by atoms with Gasteiger partial charge in [0.2, 0.25) is 5.91 Å². The van der Waals surface area contributed by atoms with Crippen molar-refractivity contribution in [3.8, 4) is 0 Å². The summed E-state index contributed by atoms with van der Waals surface area (Å²) in [5, 5.41) is 0. The van der Waals surface area contributed by atoms with Gasteiger partial charge in [0.15, 0.2) is 0 Å². The molecule has 1 aliphatic heterocycles. The Kier molecular flexibility index (Phi) is 4.21. The van der Waals surface area contributed by atoms with Gasteiger partial charge in [-0.15, -0.1) is 0 Å². The first-order valence-corrected chi connectivity index (χ1v) is 6.24. The van der Waals surface area contributed by atoms with E-state index in [9.17, 15) is 18.8 Å². The molecule has 1 aromatic rings. The van der Waals surface area contributed by atoms with Gasteiger partial charge in [-0.25, -0.2) is 9.18 Å². The lowest BCUT2D eigenvalue weighted by Gasteiger charge is -2.19. The summed E-state index contributed by atoms with van der Waals surface area (Å²) in [5.41, 5.74) is -0.225. The number of benzene rings is 1. The van der Waals surface area contributed by atoms with E-state index < -0.39 is 29.6 Å². The van der Waals surface area contributed by atoms with Crippen LogP contribution in [0.25, 0.3) is 0 Å². The number of halogens is 1. The molecule has 0 radical (unpaired) electrons. The molecule has 1 atom stereocenters. The molecule has 1 saturated heterocycles. The Bertz CT molecular complexity index is 601. The largest absolute Gasteiger partial charge is 0.469 e. The average Bonchev–Trinajstić information content (AvgIpc) is 2.87. The molecule has 1 aliphatic rings. The van der Waals surface area contributed by atoms with E-state index in [0.717, 1.165) is 11.0 Å². The molecule has 6 nitrogen and oxygen atoms in total. The average molecular weight is 295 g/mol. The highest BCUT2D eigenvalue weighted by atomic mass is 19.1.